The number of hydrogen-bond acceptors (Lipinski definition) is 5. The maximum absolute atomic E-state index is 12.4. The molecule has 6 heteroatoms. The fourth-order valence-electron chi connectivity index (χ4n) is 2.95. The van der Waals surface area contributed by atoms with Crippen molar-refractivity contribution in [2.45, 2.75) is 18.9 Å². The lowest BCUT2D eigenvalue weighted by Crippen LogP contribution is -2.41. The summed E-state index contributed by atoms with van der Waals surface area (Å²) in [5.74, 6) is 1.03. The van der Waals surface area contributed by atoms with Gasteiger partial charge >= 0.3 is 6.09 Å². The molecule has 134 valence electrons. The number of rotatable bonds is 7. The summed E-state index contributed by atoms with van der Waals surface area (Å²) in [6.07, 6.45) is 3.07. The van der Waals surface area contributed by atoms with Crippen molar-refractivity contribution in [1.29, 1.82) is 0 Å². The van der Waals surface area contributed by atoms with Crippen molar-refractivity contribution in [2.24, 2.45) is 0 Å². The van der Waals surface area contributed by atoms with Crippen LogP contribution in [0.5, 0.6) is 11.5 Å². The van der Waals surface area contributed by atoms with E-state index in [1.54, 1.807) is 19.1 Å². The van der Waals surface area contributed by atoms with Crippen molar-refractivity contribution in [1.82, 2.24) is 4.90 Å². The van der Waals surface area contributed by atoms with Gasteiger partial charge in [0.05, 0.1) is 20.3 Å². The number of carbonyl (C=O) groups is 2. The predicted octanol–water partition coefficient (Wildman–Crippen LogP) is 3.07. The van der Waals surface area contributed by atoms with Gasteiger partial charge in [-0.2, -0.15) is 0 Å². The van der Waals surface area contributed by atoms with E-state index in [-0.39, 0.29) is 18.8 Å². The third-order valence-corrected chi connectivity index (χ3v) is 4.18. The van der Waals surface area contributed by atoms with Gasteiger partial charge in [0.15, 0.2) is 17.3 Å². The molecule has 6 nitrogen and oxygen atoms in total. The zero-order chi connectivity index (χ0) is 18.4. The van der Waals surface area contributed by atoms with Gasteiger partial charge < -0.3 is 19.1 Å². The molecular formula is C19H23NO5. The number of fused-ring (bicyclic) bond motifs is 1. The molecule has 1 aliphatic heterocycles. The van der Waals surface area contributed by atoms with E-state index in [1.165, 1.54) is 12.2 Å². The van der Waals surface area contributed by atoms with E-state index in [1.807, 2.05) is 12.1 Å². The van der Waals surface area contributed by atoms with E-state index in [4.69, 9.17) is 14.2 Å². The Kier molecular flexibility index (Phi) is 6.22. The summed E-state index contributed by atoms with van der Waals surface area (Å²) in [5, 5.41) is 0. The minimum atomic E-state index is -0.470. The molecule has 0 aromatic heterocycles. The smallest absolute Gasteiger partial charge is 0.410 e. The van der Waals surface area contributed by atoms with Crippen LogP contribution in [0.15, 0.2) is 37.4 Å². The van der Waals surface area contributed by atoms with Crippen LogP contribution in [-0.2, 0) is 16.0 Å². The second-order valence-corrected chi connectivity index (χ2v) is 5.61. The number of carbonyl (C=O) groups excluding carboxylic acids is 2. The summed E-state index contributed by atoms with van der Waals surface area (Å²) in [6, 6.07) is 3.28. The average molecular weight is 345 g/mol. The van der Waals surface area contributed by atoms with Crippen molar-refractivity contribution < 1.29 is 23.8 Å². The van der Waals surface area contributed by atoms with Crippen molar-refractivity contribution in [2.75, 3.05) is 27.4 Å². The first-order valence-corrected chi connectivity index (χ1v) is 8.00. The third kappa shape index (κ3) is 4.02. The second kappa shape index (κ2) is 8.37. The number of methoxy groups -OCH3 is 2. The Balaban J connectivity index is 2.43. The van der Waals surface area contributed by atoms with Crippen LogP contribution in [-0.4, -0.2) is 44.1 Å². The van der Waals surface area contributed by atoms with E-state index < -0.39 is 12.1 Å². The molecule has 0 spiro atoms. The Morgan fingerprint density at radius 3 is 2.52 bits per heavy atom. The minimum absolute atomic E-state index is 0.121. The maximum atomic E-state index is 12.4. The molecule has 25 heavy (non-hydrogen) atoms. The highest BCUT2D eigenvalue weighted by molar-refractivity contribution is 5.90. The molecule has 1 aromatic carbocycles. The third-order valence-electron chi connectivity index (χ3n) is 4.18. The first-order chi connectivity index (χ1) is 12.0. The van der Waals surface area contributed by atoms with Crippen LogP contribution in [0.1, 0.15) is 23.6 Å². The largest absolute Gasteiger partial charge is 0.493 e. The first kappa shape index (κ1) is 18.6. The van der Waals surface area contributed by atoms with Gasteiger partial charge in [-0.05, 0) is 35.8 Å². The van der Waals surface area contributed by atoms with Crippen LogP contribution >= 0.6 is 0 Å². The first-order valence-electron chi connectivity index (χ1n) is 8.00. The predicted molar refractivity (Wildman–Crippen MR) is 94.1 cm³/mol. The number of benzene rings is 1. The molecule has 0 saturated heterocycles. The van der Waals surface area contributed by atoms with Gasteiger partial charge in [0.2, 0.25) is 0 Å². The number of hydrogen-bond donors (Lipinski definition) is 0. The summed E-state index contributed by atoms with van der Waals surface area (Å²) in [7, 11) is 3.12. The Hall–Kier alpha value is -2.76. The van der Waals surface area contributed by atoms with Crippen LogP contribution in [0, 0.1) is 0 Å². The highest BCUT2D eigenvalue weighted by Gasteiger charge is 2.34. The molecule has 1 aromatic rings. The standard InChI is InChI=1S/C19H23NO5/c1-5-9-25-19(22)20-8-7-13-10-17(23-3)18(24-4)12-15(13)16(20)11-14(21)6-2/h5-6,10,12,16H,1-2,7-9,11H2,3-4H3/t16-/m1/s1. The number of ketones is 1. The average Bonchev–Trinajstić information content (AvgIpc) is 2.64. The van der Waals surface area contributed by atoms with Crippen molar-refractivity contribution in [3.63, 3.8) is 0 Å². The van der Waals surface area contributed by atoms with E-state index in [0.717, 1.165) is 11.1 Å². The van der Waals surface area contributed by atoms with Crippen LogP contribution in [0.2, 0.25) is 0 Å². The molecule has 0 bridgehead atoms. The van der Waals surface area contributed by atoms with E-state index in [0.29, 0.717) is 24.5 Å². The topological polar surface area (TPSA) is 65.1 Å². The van der Waals surface area contributed by atoms with Crippen LogP contribution < -0.4 is 9.47 Å². The molecule has 0 aliphatic carbocycles. The highest BCUT2D eigenvalue weighted by Crippen LogP contribution is 2.39. The fourth-order valence-corrected chi connectivity index (χ4v) is 2.95. The second-order valence-electron chi connectivity index (χ2n) is 5.61. The molecule has 1 heterocycles. The summed E-state index contributed by atoms with van der Waals surface area (Å²) >= 11 is 0. The van der Waals surface area contributed by atoms with Crippen LogP contribution in [0.3, 0.4) is 0 Å². The molecule has 0 N–H and O–H groups in total. The van der Waals surface area contributed by atoms with Gasteiger partial charge in [0, 0.05) is 13.0 Å². The lowest BCUT2D eigenvalue weighted by molar-refractivity contribution is -0.115. The molecule has 1 amide bonds. The highest BCUT2D eigenvalue weighted by atomic mass is 16.6. The van der Waals surface area contributed by atoms with Crippen molar-refractivity contribution in [3.8, 4) is 11.5 Å². The molecule has 0 unspecified atom stereocenters. The number of amides is 1. The fraction of sp³-hybridized carbons (Fsp3) is 0.368. The van der Waals surface area contributed by atoms with Gasteiger partial charge in [-0.25, -0.2) is 4.79 Å². The quantitative estimate of drug-likeness (QED) is 0.561. The van der Waals surface area contributed by atoms with Gasteiger partial charge in [0.25, 0.3) is 0 Å². The summed E-state index contributed by atoms with van der Waals surface area (Å²) in [6.45, 7) is 7.64. The summed E-state index contributed by atoms with van der Waals surface area (Å²) in [5.41, 5.74) is 1.88. The number of allylic oxidation sites excluding steroid dienone is 1. The van der Waals surface area contributed by atoms with Gasteiger partial charge in [-0.3, -0.25) is 4.79 Å². The Bertz CT molecular complexity index is 683. The maximum Gasteiger partial charge on any atom is 0.410 e. The molecule has 0 fully saturated rings. The minimum Gasteiger partial charge on any atom is -0.493 e. The molecule has 1 aliphatic rings. The zero-order valence-electron chi connectivity index (χ0n) is 14.6. The number of nitrogens with zero attached hydrogens (tertiary/aromatic N) is 1. The monoisotopic (exact) mass is 345 g/mol. The van der Waals surface area contributed by atoms with Crippen LogP contribution in [0.25, 0.3) is 0 Å². The van der Waals surface area contributed by atoms with Gasteiger partial charge in [-0.15, -0.1) is 0 Å². The molecule has 0 radical (unpaired) electrons. The lowest BCUT2D eigenvalue weighted by atomic mass is 9.89. The van der Waals surface area contributed by atoms with E-state index >= 15 is 0 Å². The van der Waals surface area contributed by atoms with E-state index in [2.05, 4.69) is 13.2 Å². The Morgan fingerprint density at radius 1 is 1.24 bits per heavy atom. The van der Waals surface area contributed by atoms with Gasteiger partial charge in [-0.1, -0.05) is 19.2 Å². The molecular weight excluding hydrogens is 322 g/mol. The van der Waals surface area contributed by atoms with Crippen LogP contribution in [0.4, 0.5) is 4.79 Å². The summed E-state index contributed by atoms with van der Waals surface area (Å²) < 4.78 is 15.9. The van der Waals surface area contributed by atoms with E-state index in [9.17, 15) is 9.59 Å². The normalized spacial score (nSPS) is 15.8. The summed E-state index contributed by atoms with van der Waals surface area (Å²) in [4.78, 5) is 25.9. The molecule has 0 saturated carbocycles. The van der Waals surface area contributed by atoms with Crippen molar-refractivity contribution in [3.05, 3.63) is 48.6 Å². The zero-order valence-corrected chi connectivity index (χ0v) is 14.6. The molecule has 2 rings (SSSR count). The SMILES string of the molecule is C=CCOC(=O)N1CCc2cc(OC)c(OC)cc2[C@H]1CC(=O)C=C. The lowest BCUT2D eigenvalue weighted by Gasteiger charge is -2.36. The van der Waals surface area contributed by atoms with Crippen molar-refractivity contribution >= 4 is 11.9 Å². The Morgan fingerprint density at radius 2 is 1.92 bits per heavy atom. The molecule has 1 atom stereocenters. The van der Waals surface area contributed by atoms with Gasteiger partial charge in [0.1, 0.15) is 6.61 Å². The number of ether oxygens (including phenoxy) is 3. The Labute approximate surface area is 147 Å².